The highest BCUT2D eigenvalue weighted by molar-refractivity contribution is 6.07. The van der Waals surface area contributed by atoms with Crippen LogP contribution in [0, 0.1) is 23.2 Å². The third-order valence-corrected chi connectivity index (χ3v) is 6.28. The summed E-state index contributed by atoms with van der Waals surface area (Å²) >= 11 is 0. The number of fused-ring (bicyclic) bond motifs is 1. The Labute approximate surface area is 150 Å². The Balaban J connectivity index is 1.71. The average Bonchev–Trinajstić information content (AvgIpc) is 2.96. The first-order valence-electron chi connectivity index (χ1n) is 9.17. The van der Waals surface area contributed by atoms with Crippen molar-refractivity contribution in [2.24, 2.45) is 28.2 Å². The molecule has 2 saturated carbocycles. The van der Waals surface area contributed by atoms with Crippen molar-refractivity contribution in [1.29, 1.82) is 0 Å². The van der Waals surface area contributed by atoms with Gasteiger partial charge in [-0.15, -0.1) is 0 Å². The number of carbonyl (C=O) groups excluding carboxylic acids is 1. The van der Waals surface area contributed by atoms with E-state index < -0.39 is 0 Å². The molecule has 2 nitrogen and oxygen atoms in total. The fourth-order valence-electron chi connectivity index (χ4n) is 4.77. The van der Waals surface area contributed by atoms with Gasteiger partial charge in [0.15, 0.2) is 0 Å². The van der Waals surface area contributed by atoms with Crippen molar-refractivity contribution >= 4 is 11.5 Å². The molecule has 2 aliphatic carbocycles. The van der Waals surface area contributed by atoms with E-state index in [9.17, 15) is 4.79 Å². The fraction of sp³-hybridized carbons (Fsp3) is 0.391. The van der Waals surface area contributed by atoms with E-state index in [1.165, 1.54) is 11.1 Å². The maximum Gasteiger partial charge on any atom is 0.142 e. The first-order valence-corrected chi connectivity index (χ1v) is 9.17. The minimum absolute atomic E-state index is 0.00919. The van der Waals surface area contributed by atoms with E-state index in [2.05, 4.69) is 69.3 Å². The van der Waals surface area contributed by atoms with Crippen LogP contribution in [-0.2, 0) is 4.79 Å². The lowest BCUT2D eigenvalue weighted by Gasteiger charge is -2.20. The predicted octanol–water partition coefficient (Wildman–Crippen LogP) is 5.10. The number of carbonyl (C=O) groups is 1. The second-order valence-electron chi connectivity index (χ2n) is 8.10. The lowest BCUT2D eigenvalue weighted by atomic mass is 9.88. The highest BCUT2D eigenvalue weighted by atomic mass is 16.1. The van der Waals surface area contributed by atoms with Gasteiger partial charge in [0, 0.05) is 12.1 Å². The van der Waals surface area contributed by atoms with Gasteiger partial charge >= 0.3 is 0 Å². The largest absolute Gasteiger partial charge is 0.299 e. The Morgan fingerprint density at radius 3 is 2.00 bits per heavy atom. The van der Waals surface area contributed by atoms with Crippen LogP contribution in [0.2, 0.25) is 0 Å². The summed E-state index contributed by atoms with van der Waals surface area (Å²) in [5.41, 5.74) is 3.64. The minimum Gasteiger partial charge on any atom is -0.299 e. The molecule has 0 spiro atoms. The summed E-state index contributed by atoms with van der Waals surface area (Å²) in [7, 11) is 0. The monoisotopic (exact) mass is 331 g/mol. The molecule has 25 heavy (non-hydrogen) atoms. The molecule has 0 aliphatic heterocycles. The number of hydrogen-bond acceptors (Lipinski definition) is 2. The van der Waals surface area contributed by atoms with Crippen molar-refractivity contribution in [2.75, 3.05) is 0 Å². The SMILES string of the molecule is CC(=NC(c1ccccc1)c1ccccc1)C1C(=O)C[C@@H]2[C@H]1C2(C)C. The van der Waals surface area contributed by atoms with E-state index in [1.807, 2.05) is 12.1 Å². The van der Waals surface area contributed by atoms with Crippen molar-refractivity contribution in [3.63, 3.8) is 0 Å². The zero-order valence-electron chi connectivity index (χ0n) is 15.1. The molecule has 2 aliphatic rings. The van der Waals surface area contributed by atoms with Gasteiger partial charge in [0.1, 0.15) is 5.78 Å². The third kappa shape index (κ3) is 2.74. The standard InChI is InChI=1S/C23H25NO/c1-15(20-19(25)14-18-21(20)23(18,2)3)24-22(16-10-6-4-7-11-16)17-12-8-5-9-13-17/h4-13,18,20-22H,14H2,1-3H3/t18-,20?,21-/m1/s1. The molecule has 2 heteroatoms. The summed E-state index contributed by atoms with van der Waals surface area (Å²) in [6.07, 6.45) is 0.733. The summed E-state index contributed by atoms with van der Waals surface area (Å²) in [5, 5.41) is 0. The smallest absolute Gasteiger partial charge is 0.142 e. The van der Waals surface area contributed by atoms with E-state index >= 15 is 0 Å². The lowest BCUT2D eigenvalue weighted by molar-refractivity contribution is -0.120. The van der Waals surface area contributed by atoms with Crippen LogP contribution in [-0.4, -0.2) is 11.5 Å². The highest BCUT2D eigenvalue weighted by Crippen LogP contribution is 2.68. The minimum atomic E-state index is -0.0453. The highest BCUT2D eigenvalue weighted by Gasteiger charge is 2.67. The number of nitrogens with zero attached hydrogens (tertiary/aromatic N) is 1. The van der Waals surface area contributed by atoms with Gasteiger partial charge < -0.3 is 0 Å². The van der Waals surface area contributed by atoms with Crippen LogP contribution in [0.1, 0.15) is 44.4 Å². The van der Waals surface area contributed by atoms with Crippen LogP contribution < -0.4 is 0 Å². The molecule has 3 atom stereocenters. The average molecular weight is 331 g/mol. The second-order valence-corrected chi connectivity index (χ2v) is 8.10. The zero-order chi connectivity index (χ0) is 17.6. The number of aliphatic imine (C=N–C) groups is 1. The lowest BCUT2D eigenvalue weighted by Crippen LogP contribution is -2.24. The number of ketones is 1. The molecule has 0 aromatic heterocycles. The van der Waals surface area contributed by atoms with Crippen molar-refractivity contribution in [3.05, 3.63) is 71.8 Å². The van der Waals surface area contributed by atoms with Gasteiger partial charge in [-0.1, -0.05) is 74.5 Å². The maximum atomic E-state index is 12.5. The Morgan fingerprint density at radius 2 is 1.52 bits per heavy atom. The fourth-order valence-corrected chi connectivity index (χ4v) is 4.77. The van der Waals surface area contributed by atoms with Crippen LogP contribution in [0.5, 0.6) is 0 Å². The first-order chi connectivity index (χ1) is 12.0. The summed E-state index contributed by atoms with van der Waals surface area (Å²) in [5.74, 6) is 1.43. The van der Waals surface area contributed by atoms with Crippen molar-refractivity contribution < 1.29 is 4.79 Å². The number of Topliss-reactive ketones (excluding diaryl/α,β-unsaturated/α-hetero) is 1. The molecule has 0 N–H and O–H groups in total. The molecule has 128 valence electrons. The molecule has 0 heterocycles. The molecular formula is C23H25NO. The van der Waals surface area contributed by atoms with Crippen LogP contribution in [0.4, 0.5) is 0 Å². The Bertz CT molecular complexity index is 767. The molecule has 0 bridgehead atoms. The quantitative estimate of drug-likeness (QED) is 0.717. The van der Waals surface area contributed by atoms with E-state index in [1.54, 1.807) is 0 Å². The normalized spacial score (nSPS) is 27.4. The second kappa shape index (κ2) is 5.94. The van der Waals surface area contributed by atoms with Crippen LogP contribution in [0.15, 0.2) is 65.7 Å². The van der Waals surface area contributed by atoms with Crippen LogP contribution in [0.3, 0.4) is 0 Å². The number of rotatable bonds is 4. The first kappa shape index (κ1) is 16.3. The van der Waals surface area contributed by atoms with E-state index in [4.69, 9.17) is 4.99 Å². The van der Waals surface area contributed by atoms with E-state index in [0.29, 0.717) is 23.0 Å². The summed E-state index contributed by atoms with van der Waals surface area (Å²) in [6, 6.07) is 20.7. The Hall–Kier alpha value is -2.22. The maximum absolute atomic E-state index is 12.5. The van der Waals surface area contributed by atoms with E-state index in [-0.39, 0.29) is 12.0 Å². The molecule has 2 fully saturated rings. The van der Waals surface area contributed by atoms with Crippen LogP contribution in [0.25, 0.3) is 0 Å². The van der Waals surface area contributed by atoms with Gasteiger partial charge in [-0.3, -0.25) is 9.79 Å². The molecule has 0 radical (unpaired) electrons. The van der Waals surface area contributed by atoms with E-state index in [0.717, 1.165) is 12.1 Å². The predicted molar refractivity (Wildman–Crippen MR) is 102 cm³/mol. The summed E-state index contributed by atoms with van der Waals surface area (Å²) in [4.78, 5) is 17.6. The summed E-state index contributed by atoms with van der Waals surface area (Å²) < 4.78 is 0. The molecule has 1 unspecified atom stereocenters. The Kier molecular flexibility index (Phi) is 3.87. The van der Waals surface area contributed by atoms with Crippen LogP contribution >= 0.6 is 0 Å². The molecular weight excluding hydrogens is 306 g/mol. The molecule has 0 amide bonds. The number of hydrogen-bond donors (Lipinski definition) is 0. The Morgan fingerprint density at radius 1 is 1.00 bits per heavy atom. The van der Waals surface area contributed by atoms with Gasteiger partial charge in [-0.25, -0.2) is 0 Å². The number of benzene rings is 2. The zero-order valence-corrected chi connectivity index (χ0v) is 15.1. The van der Waals surface area contributed by atoms with Crippen molar-refractivity contribution in [1.82, 2.24) is 0 Å². The summed E-state index contributed by atoms with van der Waals surface area (Å²) in [6.45, 7) is 6.64. The van der Waals surface area contributed by atoms with Gasteiger partial charge in [-0.05, 0) is 35.3 Å². The molecule has 0 saturated heterocycles. The topological polar surface area (TPSA) is 29.4 Å². The molecule has 2 aromatic rings. The van der Waals surface area contributed by atoms with Gasteiger partial charge in [-0.2, -0.15) is 0 Å². The van der Waals surface area contributed by atoms with Gasteiger partial charge in [0.05, 0.1) is 12.0 Å². The molecule has 4 rings (SSSR count). The molecule has 2 aromatic carbocycles. The van der Waals surface area contributed by atoms with Crippen molar-refractivity contribution in [2.45, 2.75) is 33.2 Å². The third-order valence-electron chi connectivity index (χ3n) is 6.28. The van der Waals surface area contributed by atoms with Crippen molar-refractivity contribution in [3.8, 4) is 0 Å². The van der Waals surface area contributed by atoms with Gasteiger partial charge in [0.25, 0.3) is 0 Å². The van der Waals surface area contributed by atoms with Gasteiger partial charge in [0.2, 0.25) is 0 Å².